The molecule has 0 spiro atoms. The minimum atomic E-state index is -0.639. The minimum Gasteiger partial charge on any atom is -0.462 e. The second-order valence-electron chi connectivity index (χ2n) is 4.30. The fraction of sp³-hybridized carbons (Fsp3) is 0.357. The maximum Gasteiger partial charge on any atom is 0.359 e. The van der Waals surface area contributed by atoms with E-state index >= 15 is 0 Å². The van der Waals surface area contributed by atoms with Crippen LogP contribution in [0.25, 0.3) is 5.52 Å². The topological polar surface area (TPSA) is 69.9 Å². The van der Waals surface area contributed by atoms with Gasteiger partial charge in [0, 0.05) is 10.7 Å². The first-order chi connectivity index (χ1) is 9.99. The highest BCUT2D eigenvalue weighted by atomic mass is 79.9. The molecule has 6 nitrogen and oxygen atoms in total. The van der Waals surface area contributed by atoms with Crippen molar-refractivity contribution >= 4 is 33.4 Å². The molecule has 112 valence electrons. The van der Waals surface area contributed by atoms with Gasteiger partial charge in [-0.15, -0.1) is 0 Å². The van der Waals surface area contributed by atoms with E-state index in [0.29, 0.717) is 5.52 Å². The predicted molar refractivity (Wildman–Crippen MR) is 79.5 cm³/mol. The molecule has 0 aliphatic rings. The molecule has 0 unspecified atom stereocenters. The Kier molecular flexibility index (Phi) is 4.62. The molecule has 2 aromatic heterocycles. The van der Waals surface area contributed by atoms with Crippen LogP contribution in [0.5, 0.6) is 0 Å². The Morgan fingerprint density at radius 3 is 2.48 bits per heavy atom. The minimum absolute atomic E-state index is 0.0310. The van der Waals surface area contributed by atoms with Gasteiger partial charge in [-0.25, -0.2) is 14.1 Å². The normalized spacial score (nSPS) is 10.7. The number of esters is 2. The molecule has 0 fully saturated rings. The van der Waals surface area contributed by atoms with Crippen LogP contribution in [0.4, 0.5) is 0 Å². The van der Waals surface area contributed by atoms with Crippen LogP contribution in [0.3, 0.4) is 0 Å². The first-order valence-corrected chi connectivity index (χ1v) is 7.31. The van der Waals surface area contributed by atoms with E-state index in [4.69, 9.17) is 9.47 Å². The van der Waals surface area contributed by atoms with Crippen molar-refractivity contribution < 1.29 is 19.1 Å². The van der Waals surface area contributed by atoms with Crippen molar-refractivity contribution in [2.24, 2.45) is 0 Å². The molecule has 0 amide bonds. The Morgan fingerprint density at radius 2 is 1.86 bits per heavy atom. The zero-order valence-corrected chi connectivity index (χ0v) is 13.6. The SMILES string of the molecule is CCOC(=O)c1nn2cc(Br)cc(C)c2c1C(=O)OCC. The average Bonchev–Trinajstić information content (AvgIpc) is 2.78. The summed E-state index contributed by atoms with van der Waals surface area (Å²) in [7, 11) is 0. The van der Waals surface area contributed by atoms with Gasteiger partial charge in [-0.3, -0.25) is 0 Å². The quantitative estimate of drug-likeness (QED) is 0.789. The summed E-state index contributed by atoms with van der Waals surface area (Å²) in [6.45, 7) is 5.65. The van der Waals surface area contributed by atoms with Crippen molar-refractivity contribution in [3.63, 3.8) is 0 Å². The van der Waals surface area contributed by atoms with E-state index in [9.17, 15) is 9.59 Å². The number of hydrogen-bond donors (Lipinski definition) is 0. The third-order valence-electron chi connectivity index (χ3n) is 2.83. The van der Waals surface area contributed by atoms with Gasteiger partial charge in [0.1, 0.15) is 5.56 Å². The van der Waals surface area contributed by atoms with E-state index in [1.165, 1.54) is 4.52 Å². The van der Waals surface area contributed by atoms with Crippen LogP contribution >= 0.6 is 15.9 Å². The highest BCUT2D eigenvalue weighted by Gasteiger charge is 2.27. The summed E-state index contributed by atoms with van der Waals surface area (Å²) in [5.41, 5.74) is 1.45. The molecule has 0 saturated heterocycles. The number of aromatic nitrogens is 2. The molecular weight excluding hydrogens is 340 g/mol. The summed E-state index contributed by atoms with van der Waals surface area (Å²) in [6.07, 6.45) is 1.67. The zero-order chi connectivity index (χ0) is 15.6. The first kappa shape index (κ1) is 15.5. The molecular formula is C14H15BrN2O4. The van der Waals surface area contributed by atoms with Gasteiger partial charge in [0.2, 0.25) is 0 Å². The third kappa shape index (κ3) is 2.92. The van der Waals surface area contributed by atoms with Crippen LogP contribution in [0.15, 0.2) is 16.7 Å². The molecule has 0 N–H and O–H groups in total. The van der Waals surface area contributed by atoms with Crippen LogP contribution in [0.1, 0.15) is 40.3 Å². The Labute approximate surface area is 130 Å². The van der Waals surface area contributed by atoms with Gasteiger partial charge in [-0.2, -0.15) is 5.10 Å². The van der Waals surface area contributed by atoms with Gasteiger partial charge in [0.25, 0.3) is 0 Å². The highest BCUT2D eigenvalue weighted by molar-refractivity contribution is 9.10. The van der Waals surface area contributed by atoms with Crippen molar-refractivity contribution in [1.82, 2.24) is 9.61 Å². The Morgan fingerprint density at radius 1 is 1.24 bits per heavy atom. The summed E-state index contributed by atoms with van der Waals surface area (Å²) >= 11 is 3.36. The highest BCUT2D eigenvalue weighted by Crippen LogP contribution is 2.24. The summed E-state index contributed by atoms with van der Waals surface area (Å²) in [5, 5.41) is 4.17. The van der Waals surface area contributed by atoms with Gasteiger partial charge in [0.15, 0.2) is 5.69 Å². The van der Waals surface area contributed by atoms with Crippen LogP contribution in [-0.2, 0) is 9.47 Å². The zero-order valence-electron chi connectivity index (χ0n) is 12.0. The molecule has 0 radical (unpaired) electrons. The smallest absolute Gasteiger partial charge is 0.359 e. The second-order valence-corrected chi connectivity index (χ2v) is 5.21. The molecule has 0 aliphatic carbocycles. The molecule has 7 heteroatoms. The lowest BCUT2D eigenvalue weighted by molar-refractivity contribution is 0.0476. The fourth-order valence-corrected chi connectivity index (χ4v) is 2.61. The number of fused-ring (bicyclic) bond motifs is 1. The van der Waals surface area contributed by atoms with Gasteiger partial charge < -0.3 is 9.47 Å². The summed E-state index contributed by atoms with van der Waals surface area (Å²) in [4.78, 5) is 24.2. The molecule has 2 aromatic rings. The van der Waals surface area contributed by atoms with E-state index in [1.807, 2.05) is 13.0 Å². The van der Waals surface area contributed by atoms with E-state index < -0.39 is 11.9 Å². The average molecular weight is 355 g/mol. The Balaban J connectivity index is 2.72. The Bertz CT molecular complexity index is 709. The van der Waals surface area contributed by atoms with Crippen LogP contribution < -0.4 is 0 Å². The van der Waals surface area contributed by atoms with Gasteiger partial charge in [-0.05, 0) is 48.3 Å². The fourth-order valence-electron chi connectivity index (χ4n) is 2.07. The van der Waals surface area contributed by atoms with Gasteiger partial charge in [0.05, 0.1) is 18.7 Å². The summed E-state index contributed by atoms with van der Waals surface area (Å²) in [6, 6.07) is 1.84. The lowest BCUT2D eigenvalue weighted by Crippen LogP contribution is -2.13. The molecule has 0 aliphatic heterocycles. The van der Waals surface area contributed by atoms with Crippen molar-refractivity contribution in [2.45, 2.75) is 20.8 Å². The first-order valence-electron chi connectivity index (χ1n) is 6.52. The number of halogens is 1. The number of carbonyl (C=O) groups excluding carboxylic acids is 2. The lowest BCUT2D eigenvalue weighted by Gasteiger charge is -2.04. The van der Waals surface area contributed by atoms with Crippen molar-refractivity contribution in [3.05, 3.63) is 33.6 Å². The third-order valence-corrected chi connectivity index (χ3v) is 3.27. The molecule has 0 aromatic carbocycles. The summed E-state index contributed by atoms with van der Waals surface area (Å²) < 4.78 is 12.3. The maximum atomic E-state index is 12.2. The van der Waals surface area contributed by atoms with Crippen LogP contribution in [-0.4, -0.2) is 34.8 Å². The Hall–Kier alpha value is -1.89. The summed E-state index contributed by atoms with van der Waals surface area (Å²) in [5.74, 6) is -1.22. The molecule has 21 heavy (non-hydrogen) atoms. The number of aryl methyl sites for hydroxylation is 1. The van der Waals surface area contributed by atoms with E-state index in [1.54, 1.807) is 20.0 Å². The van der Waals surface area contributed by atoms with E-state index in [0.717, 1.165) is 10.0 Å². The van der Waals surface area contributed by atoms with Crippen molar-refractivity contribution in [3.8, 4) is 0 Å². The van der Waals surface area contributed by atoms with Crippen molar-refractivity contribution in [2.75, 3.05) is 13.2 Å². The van der Waals surface area contributed by atoms with Crippen LogP contribution in [0, 0.1) is 6.92 Å². The van der Waals surface area contributed by atoms with Gasteiger partial charge >= 0.3 is 11.9 Å². The maximum absolute atomic E-state index is 12.2. The number of rotatable bonds is 4. The predicted octanol–water partition coefficient (Wildman–Crippen LogP) is 2.76. The van der Waals surface area contributed by atoms with E-state index in [-0.39, 0.29) is 24.5 Å². The molecule has 2 heterocycles. The molecule has 0 bridgehead atoms. The second kappa shape index (κ2) is 6.26. The van der Waals surface area contributed by atoms with Crippen molar-refractivity contribution in [1.29, 1.82) is 0 Å². The van der Waals surface area contributed by atoms with E-state index in [2.05, 4.69) is 21.0 Å². The molecule has 0 saturated carbocycles. The number of hydrogen-bond acceptors (Lipinski definition) is 5. The standard InChI is InChI=1S/C14H15BrN2O4/c1-4-20-13(18)10-11(14(19)21-5-2)16-17-7-9(15)6-8(3)12(10)17/h6-7H,4-5H2,1-3H3. The molecule has 2 rings (SSSR count). The van der Waals surface area contributed by atoms with Gasteiger partial charge in [-0.1, -0.05) is 0 Å². The monoisotopic (exact) mass is 354 g/mol. The largest absolute Gasteiger partial charge is 0.462 e. The number of ether oxygens (including phenoxy) is 2. The lowest BCUT2D eigenvalue weighted by atomic mass is 10.1. The number of carbonyl (C=O) groups is 2. The number of nitrogens with zero attached hydrogens (tertiary/aromatic N) is 2. The number of pyridine rings is 1. The van der Waals surface area contributed by atoms with Crippen LogP contribution in [0.2, 0.25) is 0 Å². The molecule has 0 atom stereocenters.